The van der Waals surface area contributed by atoms with Crippen molar-refractivity contribution in [1.82, 2.24) is 20.5 Å². The van der Waals surface area contributed by atoms with Gasteiger partial charge in [-0.05, 0) is 31.7 Å². The van der Waals surface area contributed by atoms with Gasteiger partial charge in [-0.2, -0.15) is 0 Å². The van der Waals surface area contributed by atoms with Gasteiger partial charge in [-0.25, -0.2) is 4.98 Å². The number of rotatable bonds is 4. The fourth-order valence-electron chi connectivity index (χ4n) is 2.00. The Balaban J connectivity index is 2.44. The van der Waals surface area contributed by atoms with Gasteiger partial charge in [0.1, 0.15) is 5.82 Å². The van der Waals surface area contributed by atoms with Gasteiger partial charge in [0.2, 0.25) is 5.88 Å². The zero-order valence-corrected chi connectivity index (χ0v) is 11.2. The quantitative estimate of drug-likeness (QED) is 0.854. The molecule has 6 nitrogen and oxygen atoms in total. The first-order valence-corrected chi connectivity index (χ1v) is 5.93. The van der Waals surface area contributed by atoms with Crippen LogP contribution in [-0.4, -0.2) is 29.3 Å². The molecule has 2 aromatic rings. The first-order valence-electron chi connectivity index (χ1n) is 5.93. The molecule has 1 unspecified atom stereocenters. The van der Waals surface area contributed by atoms with Crippen molar-refractivity contribution in [3.8, 4) is 5.88 Å². The molecule has 2 heterocycles. The van der Waals surface area contributed by atoms with Crippen LogP contribution in [0.3, 0.4) is 0 Å². The third kappa shape index (κ3) is 2.63. The van der Waals surface area contributed by atoms with E-state index in [4.69, 9.17) is 10.5 Å². The van der Waals surface area contributed by atoms with Crippen LogP contribution in [0.5, 0.6) is 5.88 Å². The molecule has 0 saturated heterocycles. The Kier molecular flexibility index (Phi) is 3.91. The zero-order chi connectivity index (χ0) is 13.8. The largest absolute Gasteiger partial charge is 0.480 e. The standard InChI is InChI=1S/C13H17N5O/c1-8-6-7-16-13(14)11(8)12(15-2)9-4-5-10(19-3)18-17-9/h4-7,12,15H,1-3H3,(H2,14,16). The van der Waals surface area contributed by atoms with E-state index in [2.05, 4.69) is 20.5 Å². The van der Waals surface area contributed by atoms with Crippen LogP contribution in [-0.2, 0) is 0 Å². The molecule has 2 rings (SSSR count). The number of methoxy groups -OCH3 is 1. The first kappa shape index (κ1) is 13.2. The van der Waals surface area contributed by atoms with Crippen molar-refractivity contribution < 1.29 is 4.74 Å². The predicted molar refractivity (Wildman–Crippen MR) is 72.9 cm³/mol. The lowest BCUT2D eigenvalue weighted by Gasteiger charge is -2.19. The van der Waals surface area contributed by atoms with Crippen molar-refractivity contribution in [1.29, 1.82) is 0 Å². The van der Waals surface area contributed by atoms with Gasteiger partial charge in [0.25, 0.3) is 0 Å². The van der Waals surface area contributed by atoms with Gasteiger partial charge in [0.15, 0.2) is 0 Å². The maximum absolute atomic E-state index is 5.97. The van der Waals surface area contributed by atoms with Gasteiger partial charge in [-0.15, -0.1) is 10.2 Å². The highest BCUT2D eigenvalue weighted by molar-refractivity contribution is 5.48. The maximum Gasteiger partial charge on any atom is 0.233 e. The number of nitrogens with two attached hydrogens (primary N) is 1. The number of anilines is 1. The van der Waals surface area contributed by atoms with Gasteiger partial charge in [-0.1, -0.05) is 0 Å². The summed E-state index contributed by atoms with van der Waals surface area (Å²) >= 11 is 0. The molecule has 0 amide bonds. The molecule has 0 radical (unpaired) electrons. The normalized spacial score (nSPS) is 12.2. The predicted octanol–water partition coefficient (Wildman–Crippen LogP) is 1.08. The molecule has 1 atom stereocenters. The van der Waals surface area contributed by atoms with E-state index in [0.717, 1.165) is 16.8 Å². The SMILES string of the molecule is CNC(c1ccc(OC)nn1)c1c(C)ccnc1N. The number of nitrogens with one attached hydrogen (secondary N) is 1. The van der Waals surface area contributed by atoms with Crippen LogP contribution in [0.4, 0.5) is 5.82 Å². The van der Waals surface area contributed by atoms with Crippen molar-refractivity contribution in [3.05, 3.63) is 41.2 Å². The Bertz CT molecular complexity index is 535. The molecule has 2 aromatic heterocycles. The molecule has 0 aromatic carbocycles. The number of ether oxygens (including phenoxy) is 1. The van der Waals surface area contributed by atoms with E-state index in [0.29, 0.717) is 11.7 Å². The Morgan fingerprint density at radius 3 is 2.58 bits per heavy atom. The fraction of sp³-hybridized carbons (Fsp3) is 0.308. The summed E-state index contributed by atoms with van der Waals surface area (Å²) in [5.41, 5.74) is 8.72. The average Bonchev–Trinajstić information content (AvgIpc) is 2.43. The van der Waals surface area contributed by atoms with Crippen molar-refractivity contribution in [3.63, 3.8) is 0 Å². The summed E-state index contributed by atoms with van der Waals surface area (Å²) in [5.74, 6) is 0.978. The second kappa shape index (κ2) is 5.62. The minimum Gasteiger partial charge on any atom is -0.480 e. The van der Waals surface area contributed by atoms with E-state index < -0.39 is 0 Å². The maximum atomic E-state index is 5.97. The second-order valence-electron chi connectivity index (χ2n) is 4.15. The molecule has 0 spiro atoms. The van der Waals surface area contributed by atoms with Crippen LogP contribution in [0.2, 0.25) is 0 Å². The van der Waals surface area contributed by atoms with Gasteiger partial charge < -0.3 is 15.8 Å². The molecule has 0 aliphatic carbocycles. The molecule has 0 saturated carbocycles. The molecular weight excluding hydrogens is 242 g/mol. The highest BCUT2D eigenvalue weighted by Gasteiger charge is 2.19. The van der Waals surface area contributed by atoms with Crippen LogP contribution in [0, 0.1) is 6.92 Å². The smallest absolute Gasteiger partial charge is 0.233 e. The highest BCUT2D eigenvalue weighted by Crippen LogP contribution is 2.27. The van der Waals surface area contributed by atoms with Gasteiger partial charge in [0, 0.05) is 17.8 Å². The molecule has 0 fully saturated rings. The number of nitrogen functional groups attached to an aromatic ring is 1. The van der Waals surface area contributed by atoms with Gasteiger partial charge >= 0.3 is 0 Å². The Morgan fingerprint density at radius 1 is 1.26 bits per heavy atom. The van der Waals surface area contributed by atoms with E-state index in [1.165, 1.54) is 0 Å². The summed E-state index contributed by atoms with van der Waals surface area (Å²) in [6.07, 6.45) is 1.70. The van der Waals surface area contributed by atoms with Crippen LogP contribution < -0.4 is 15.8 Å². The molecule has 19 heavy (non-hydrogen) atoms. The Hall–Kier alpha value is -2.21. The summed E-state index contributed by atoms with van der Waals surface area (Å²) in [6.45, 7) is 1.99. The van der Waals surface area contributed by atoms with Crippen molar-refractivity contribution in [2.45, 2.75) is 13.0 Å². The summed E-state index contributed by atoms with van der Waals surface area (Å²) in [5, 5.41) is 11.3. The van der Waals surface area contributed by atoms with E-state index >= 15 is 0 Å². The van der Waals surface area contributed by atoms with E-state index in [-0.39, 0.29) is 6.04 Å². The number of aryl methyl sites for hydroxylation is 1. The Morgan fingerprint density at radius 2 is 2.05 bits per heavy atom. The third-order valence-corrected chi connectivity index (χ3v) is 2.98. The van der Waals surface area contributed by atoms with Crippen molar-refractivity contribution in [2.24, 2.45) is 0 Å². The minimum atomic E-state index is -0.146. The van der Waals surface area contributed by atoms with E-state index in [1.54, 1.807) is 19.4 Å². The van der Waals surface area contributed by atoms with Gasteiger partial charge in [0.05, 0.1) is 18.8 Å². The minimum absolute atomic E-state index is 0.146. The first-order chi connectivity index (χ1) is 9.17. The molecule has 0 bridgehead atoms. The summed E-state index contributed by atoms with van der Waals surface area (Å²) in [4.78, 5) is 4.13. The molecule has 0 aliphatic heterocycles. The van der Waals surface area contributed by atoms with Crippen LogP contribution in [0.1, 0.15) is 22.9 Å². The van der Waals surface area contributed by atoms with Gasteiger partial charge in [-0.3, -0.25) is 0 Å². The summed E-state index contributed by atoms with van der Waals surface area (Å²) in [7, 11) is 3.41. The molecule has 3 N–H and O–H groups in total. The molecule has 0 aliphatic rings. The highest BCUT2D eigenvalue weighted by atomic mass is 16.5. The van der Waals surface area contributed by atoms with Crippen LogP contribution >= 0.6 is 0 Å². The summed E-state index contributed by atoms with van der Waals surface area (Å²) in [6, 6.07) is 5.41. The monoisotopic (exact) mass is 259 g/mol. The van der Waals surface area contributed by atoms with Crippen molar-refractivity contribution >= 4 is 5.82 Å². The van der Waals surface area contributed by atoms with E-state index in [9.17, 15) is 0 Å². The third-order valence-electron chi connectivity index (χ3n) is 2.98. The second-order valence-corrected chi connectivity index (χ2v) is 4.15. The molecule has 100 valence electrons. The van der Waals surface area contributed by atoms with Crippen LogP contribution in [0.15, 0.2) is 24.4 Å². The molecule has 6 heteroatoms. The average molecular weight is 259 g/mol. The summed E-state index contributed by atoms with van der Waals surface area (Å²) < 4.78 is 5.00. The topological polar surface area (TPSA) is 86.0 Å². The van der Waals surface area contributed by atoms with E-state index in [1.807, 2.05) is 26.1 Å². The molecular formula is C13H17N5O. The fourth-order valence-corrected chi connectivity index (χ4v) is 2.00. The lowest BCUT2D eigenvalue weighted by Crippen LogP contribution is -2.22. The zero-order valence-electron chi connectivity index (χ0n) is 11.2. The lowest BCUT2D eigenvalue weighted by atomic mass is 10.00. The number of pyridine rings is 1. The lowest BCUT2D eigenvalue weighted by molar-refractivity contribution is 0.390. The number of aromatic nitrogens is 3. The van der Waals surface area contributed by atoms with Crippen molar-refractivity contribution in [2.75, 3.05) is 19.9 Å². The number of hydrogen-bond donors (Lipinski definition) is 2. The Labute approximate surface area is 112 Å². The number of nitrogens with zero attached hydrogens (tertiary/aromatic N) is 3. The number of hydrogen-bond acceptors (Lipinski definition) is 6. The van der Waals surface area contributed by atoms with Crippen LogP contribution in [0.25, 0.3) is 0 Å².